The van der Waals surface area contributed by atoms with Crippen LogP contribution in [0, 0.1) is 5.92 Å². The van der Waals surface area contributed by atoms with E-state index >= 15 is 0 Å². The number of hydrogen-bond acceptors (Lipinski definition) is 5. The molecule has 1 saturated heterocycles. The van der Waals surface area contributed by atoms with Gasteiger partial charge < -0.3 is 10.2 Å². The zero-order valence-electron chi connectivity index (χ0n) is 16.7. The summed E-state index contributed by atoms with van der Waals surface area (Å²) < 4.78 is 28.1. The van der Waals surface area contributed by atoms with Crippen molar-refractivity contribution in [3.8, 4) is 0 Å². The highest BCUT2D eigenvalue weighted by Gasteiger charge is 2.35. The molecule has 2 aromatic rings. The molecule has 29 heavy (non-hydrogen) atoms. The second kappa shape index (κ2) is 8.34. The normalized spacial score (nSPS) is 17.2. The molecule has 0 saturated carbocycles. The van der Waals surface area contributed by atoms with Gasteiger partial charge in [-0.15, -0.1) is 0 Å². The Morgan fingerprint density at radius 3 is 2.41 bits per heavy atom. The third-order valence-corrected chi connectivity index (χ3v) is 7.02. The van der Waals surface area contributed by atoms with Crippen LogP contribution >= 0.6 is 0 Å². The number of amides is 2. The smallest absolute Gasteiger partial charge is 0.243 e. The second-order valence-electron chi connectivity index (χ2n) is 6.85. The molecule has 1 aromatic heterocycles. The van der Waals surface area contributed by atoms with Crippen LogP contribution in [-0.4, -0.2) is 54.0 Å². The molecule has 3 rings (SSSR count). The van der Waals surface area contributed by atoms with Gasteiger partial charge in [-0.25, -0.2) is 8.42 Å². The Labute approximate surface area is 170 Å². The fraction of sp³-hybridized carbons (Fsp3) is 0.421. The first-order valence-electron chi connectivity index (χ1n) is 9.47. The Bertz CT molecular complexity index is 996. The van der Waals surface area contributed by atoms with Gasteiger partial charge in [0.25, 0.3) is 0 Å². The first-order chi connectivity index (χ1) is 13.8. The number of carbonyl (C=O) groups excluding carboxylic acids is 2. The van der Waals surface area contributed by atoms with Crippen molar-refractivity contribution >= 4 is 33.3 Å². The van der Waals surface area contributed by atoms with Gasteiger partial charge in [-0.05, 0) is 24.3 Å². The maximum Gasteiger partial charge on any atom is 0.243 e. The molecule has 1 aromatic carbocycles. The summed E-state index contributed by atoms with van der Waals surface area (Å²) in [7, 11) is -1.80. The predicted molar refractivity (Wildman–Crippen MR) is 109 cm³/mol. The van der Waals surface area contributed by atoms with Crippen molar-refractivity contribution in [2.45, 2.75) is 25.2 Å². The van der Waals surface area contributed by atoms with E-state index in [0.29, 0.717) is 24.6 Å². The molecule has 0 radical (unpaired) electrons. The lowest BCUT2D eigenvalue weighted by atomic mass is 10.1. The van der Waals surface area contributed by atoms with E-state index in [0.717, 1.165) is 0 Å². The fourth-order valence-corrected chi connectivity index (χ4v) is 4.81. The highest BCUT2D eigenvalue weighted by Crippen LogP contribution is 2.27. The number of sulfonamides is 1. The fourth-order valence-electron chi connectivity index (χ4n) is 3.35. The summed E-state index contributed by atoms with van der Waals surface area (Å²) in [4.78, 5) is 26.6. The molecule has 9 nitrogen and oxygen atoms in total. The van der Waals surface area contributed by atoms with Crippen molar-refractivity contribution in [2.75, 3.05) is 29.9 Å². The van der Waals surface area contributed by atoms with Gasteiger partial charge in [-0.1, -0.05) is 13.8 Å². The third kappa shape index (κ3) is 4.33. The van der Waals surface area contributed by atoms with Crippen molar-refractivity contribution in [1.82, 2.24) is 14.1 Å². The minimum absolute atomic E-state index is 0.0954. The van der Waals surface area contributed by atoms with Crippen LogP contribution in [-0.2, 0) is 26.7 Å². The molecule has 1 fully saturated rings. The second-order valence-corrected chi connectivity index (χ2v) is 8.79. The lowest BCUT2D eigenvalue weighted by Gasteiger charge is -2.20. The molecule has 10 heteroatoms. The molecule has 0 spiro atoms. The summed E-state index contributed by atoms with van der Waals surface area (Å²) in [5.74, 6) is -0.497. The minimum atomic E-state index is -3.55. The Morgan fingerprint density at radius 1 is 1.21 bits per heavy atom. The van der Waals surface area contributed by atoms with Gasteiger partial charge in [-0.2, -0.15) is 9.40 Å². The van der Waals surface area contributed by atoms with Crippen LogP contribution in [0.4, 0.5) is 11.5 Å². The number of nitrogens with zero attached hydrogens (tertiary/aromatic N) is 4. The van der Waals surface area contributed by atoms with E-state index in [1.54, 1.807) is 50.0 Å². The average Bonchev–Trinajstić information content (AvgIpc) is 3.28. The van der Waals surface area contributed by atoms with Gasteiger partial charge in [0.05, 0.1) is 10.8 Å². The van der Waals surface area contributed by atoms with E-state index in [2.05, 4.69) is 10.4 Å². The predicted octanol–water partition coefficient (Wildman–Crippen LogP) is 1.44. The number of aromatic nitrogens is 2. The van der Waals surface area contributed by atoms with E-state index in [1.165, 1.54) is 21.3 Å². The molecule has 2 amide bonds. The molecular weight excluding hydrogens is 394 g/mol. The van der Waals surface area contributed by atoms with Gasteiger partial charge in [-0.3, -0.25) is 14.3 Å². The Balaban J connectivity index is 1.71. The van der Waals surface area contributed by atoms with Crippen LogP contribution in [0.1, 0.15) is 20.3 Å². The molecule has 1 aliphatic heterocycles. The molecule has 1 atom stereocenters. The summed E-state index contributed by atoms with van der Waals surface area (Å²) in [6.07, 6.45) is 1.81. The molecule has 156 valence electrons. The van der Waals surface area contributed by atoms with Crippen LogP contribution in [0.25, 0.3) is 0 Å². The number of nitrogens with one attached hydrogen (secondary N) is 1. The Morgan fingerprint density at radius 2 is 1.86 bits per heavy atom. The Kier molecular flexibility index (Phi) is 6.04. The highest BCUT2D eigenvalue weighted by atomic mass is 32.2. The van der Waals surface area contributed by atoms with Gasteiger partial charge in [0.2, 0.25) is 21.8 Å². The number of carbonyl (C=O) groups is 2. The largest absolute Gasteiger partial charge is 0.312 e. The highest BCUT2D eigenvalue weighted by molar-refractivity contribution is 7.89. The maximum absolute atomic E-state index is 12.6. The topological polar surface area (TPSA) is 105 Å². The van der Waals surface area contributed by atoms with E-state index in [-0.39, 0.29) is 29.7 Å². The molecule has 2 heterocycles. The third-order valence-electron chi connectivity index (χ3n) is 4.95. The molecule has 1 N–H and O–H groups in total. The van der Waals surface area contributed by atoms with E-state index in [4.69, 9.17) is 0 Å². The molecule has 0 aliphatic carbocycles. The van der Waals surface area contributed by atoms with E-state index < -0.39 is 15.9 Å². The number of rotatable bonds is 7. The SMILES string of the molecule is CCN(CC)S(=O)(=O)c1ccc(N2C[C@H](C(=O)Nc3ccn(C)n3)CC2=O)cc1. The number of hydrogen-bond donors (Lipinski definition) is 1. The van der Waals surface area contributed by atoms with Crippen LogP contribution in [0.15, 0.2) is 41.4 Å². The van der Waals surface area contributed by atoms with E-state index in [1.807, 2.05) is 0 Å². The van der Waals surface area contributed by atoms with Crippen LogP contribution < -0.4 is 10.2 Å². The van der Waals surface area contributed by atoms with Crippen LogP contribution in [0.5, 0.6) is 0 Å². The molecular formula is C19H25N5O4S. The summed E-state index contributed by atoms with van der Waals surface area (Å²) in [5.41, 5.74) is 0.571. The number of aryl methyl sites for hydroxylation is 1. The first kappa shape index (κ1) is 21.0. The van der Waals surface area contributed by atoms with Gasteiger partial charge in [0.1, 0.15) is 0 Å². The van der Waals surface area contributed by atoms with Crippen molar-refractivity contribution in [2.24, 2.45) is 13.0 Å². The Hall–Kier alpha value is -2.72. The van der Waals surface area contributed by atoms with Crippen molar-refractivity contribution in [1.29, 1.82) is 0 Å². The summed E-state index contributed by atoms with van der Waals surface area (Å²) in [5, 5.41) is 6.82. The average molecular weight is 420 g/mol. The molecule has 1 aliphatic rings. The molecule has 0 unspecified atom stereocenters. The van der Waals surface area contributed by atoms with Crippen LogP contribution in [0.3, 0.4) is 0 Å². The quantitative estimate of drug-likeness (QED) is 0.731. The monoisotopic (exact) mass is 419 g/mol. The zero-order chi connectivity index (χ0) is 21.2. The lowest BCUT2D eigenvalue weighted by Crippen LogP contribution is -2.31. The van der Waals surface area contributed by atoms with Crippen molar-refractivity contribution in [3.05, 3.63) is 36.5 Å². The number of benzene rings is 1. The van der Waals surface area contributed by atoms with Crippen LogP contribution in [0.2, 0.25) is 0 Å². The van der Waals surface area contributed by atoms with Crippen molar-refractivity contribution in [3.63, 3.8) is 0 Å². The van der Waals surface area contributed by atoms with Gasteiger partial charge in [0, 0.05) is 51.1 Å². The first-order valence-corrected chi connectivity index (χ1v) is 10.9. The lowest BCUT2D eigenvalue weighted by molar-refractivity contribution is -0.122. The standard InChI is InChI=1S/C19H25N5O4S/c1-4-23(5-2)29(27,28)16-8-6-15(7-9-16)24-13-14(12-18(24)25)19(26)20-17-10-11-22(3)21-17/h6-11,14H,4-5,12-13H2,1-3H3,(H,20,21,26)/t14-/m1/s1. The van der Waals surface area contributed by atoms with Gasteiger partial charge >= 0.3 is 0 Å². The minimum Gasteiger partial charge on any atom is -0.312 e. The molecule has 0 bridgehead atoms. The maximum atomic E-state index is 12.6. The van der Waals surface area contributed by atoms with Crippen molar-refractivity contribution < 1.29 is 18.0 Å². The number of anilines is 2. The zero-order valence-corrected chi connectivity index (χ0v) is 17.5. The summed E-state index contributed by atoms with van der Waals surface area (Å²) >= 11 is 0. The summed E-state index contributed by atoms with van der Waals surface area (Å²) in [6, 6.07) is 7.89. The van der Waals surface area contributed by atoms with E-state index in [9.17, 15) is 18.0 Å². The van der Waals surface area contributed by atoms with Gasteiger partial charge in [0.15, 0.2) is 5.82 Å². The summed E-state index contributed by atoms with van der Waals surface area (Å²) in [6.45, 7) is 4.58.